The molecular formula is C17H15BrN2O4. The van der Waals surface area contributed by atoms with Crippen LogP contribution < -0.4 is 10.1 Å². The van der Waals surface area contributed by atoms with E-state index >= 15 is 0 Å². The van der Waals surface area contributed by atoms with Gasteiger partial charge in [0.2, 0.25) is 5.91 Å². The van der Waals surface area contributed by atoms with Crippen LogP contribution in [0.25, 0.3) is 6.08 Å². The largest absolute Gasteiger partial charge is 0.496 e. The van der Waals surface area contributed by atoms with Crippen molar-refractivity contribution in [3.8, 4) is 5.75 Å². The zero-order valence-electron chi connectivity index (χ0n) is 12.9. The molecule has 0 spiro atoms. The average Bonchev–Trinajstić information content (AvgIpc) is 2.58. The third-order valence-corrected chi connectivity index (χ3v) is 3.71. The molecule has 0 radical (unpaired) electrons. The second kappa shape index (κ2) is 8.26. The smallest absolute Gasteiger partial charge is 0.269 e. The molecule has 1 N–H and O–H groups in total. The molecule has 6 nitrogen and oxygen atoms in total. The number of rotatable bonds is 6. The zero-order valence-corrected chi connectivity index (χ0v) is 14.4. The molecule has 0 aliphatic heterocycles. The Morgan fingerprint density at radius 1 is 1.29 bits per heavy atom. The number of nitro groups is 1. The molecular weight excluding hydrogens is 376 g/mol. The van der Waals surface area contributed by atoms with Gasteiger partial charge in [-0.3, -0.25) is 14.9 Å². The number of hydrogen-bond acceptors (Lipinski definition) is 4. The Hall–Kier alpha value is -2.67. The maximum atomic E-state index is 11.9. The molecule has 2 aromatic rings. The van der Waals surface area contributed by atoms with Crippen molar-refractivity contribution < 1.29 is 14.5 Å². The van der Waals surface area contributed by atoms with E-state index in [9.17, 15) is 14.9 Å². The summed E-state index contributed by atoms with van der Waals surface area (Å²) in [6.45, 7) is 0.288. The number of nitro benzene ring substituents is 1. The number of methoxy groups -OCH3 is 1. The van der Waals surface area contributed by atoms with E-state index in [1.807, 2.05) is 12.1 Å². The lowest BCUT2D eigenvalue weighted by Gasteiger charge is -2.05. The number of amides is 1. The Morgan fingerprint density at radius 3 is 2.62 bits per heavy atom. The minimum atomic E-state index is -0.462. The second-order valence-corrected chi connectivity index (χ2v) is 5.78. The Bertz CT molecular complexity index is 773. The molecule has 2 aromatic carbocycles. The molecule has 0 aromatic heterocycles. The van der Waals surface area contributed by atoms with Crippen molar-refractivity contribution in [3.05, 3.63) is 74.3 Å². The quantitative estimate of drug-likeness (QED) is 0.463. The fourth-order valence-corrected chi connectivity index (χ4v) is 2.36. The van der Waals surface area contributed by atoms with Gasteiger partial charge >= 0.3 is 0 Å². The highest BCUT2D eigenvalue weighted by Crippen LogP contribution is 2.24. The van der Waals surface area contributed by atoms with Crippen LogP contribution in [0.15, 0.2) is 53.0 Å². The van der Waals surface area contributed by atoms with Crippen molar-refractivity contribution in [2.45, 2.75) is 6.54 Å². The van der Waals surface area contributed by atoms with Crippen LogP contribution in [0.5, 0.6) is 5.75 Å². The normalized spacial score (nSPS) is 10.6. The Labute approximate surface area is 147 Å². The topological polar surface area (TPSA) is 81.5 Å². The predicted octanol–water partition coefficient (Wildman–Crippen LogP) is 3.70. The van der Waals surface area contributed by atoms with E-state index < -0.39 is 4.92 Å². The minimum Gasteiger partial charge on any atom is -0.496 e. The van der Waals surface area contributed by atoms with Gasteiger partial charge in [-0.15, -0.1) is 0 Å². The Morgan fingerprint density at radius 2 is 2.00 bits per heavy atom. The standard InChI is InChI=1S/C17H15BrN2O4/c1-24-16-8-5-14(18)10-13(16)4-9-17(21)19-11-12-2-6-15(7-3-12)20(22)23/h2-10H,11H2,1H3,(H,19,21). The van der Waals surface area contributed by atoms with E-state index in [4.69, 9.17) is 4.74 Å². The van der Waals surface area contributed by atoms with Crippen molar-refractivity contribution >= 4 is 33.6 Å². The van der Waals surface area contributed by atoms with Gasteiger partial charge in [-0.2, -0.15) is 0 Å². The van der Waals surface area contributed by atoms with Crippen molar-refractivity contribution in [2.75, 3.05) is 7.11 Å². The summed E-state index contributed by atoms with van der Waals surface area (Å²) in [6.07, 6.45) is 3.07. The van der Waals surface area contributed by atoms with Crippen LogP contribution in [0.2, 0.25) is 0 Å². The number of non-ortho nitro benzene ring substituents is 1. The van der Waals surface area contributed by atoms with Gasteiger partial charge in [0.15, 0.2) is 0 Å². The van der Waals surface area contributed by atoms with Gasteiger partial charge in [0.05, 0.1) is 12.0 Å². The molecule has 0 saturated carbocycles. The molecule has 0 fully saturated rings. The number of carbonyl (C=O) groups excluding carboxylic acids is 1. The summed E-state index contributed by atoms with van der Waals surface area (Å²) < 4.78 is 6.12. The Kier molecular flexibility index (Phi) is 6.08. The first-order chi connectivity index (χ1) is 11.5. The van der Waals surface area contributed by atoms with E-state index in [0.29, 0.717) is 5.75 Å². The van der Waals surface area contributed by atoms with Crippen LogP contribution >= 0.6 is 15.9 Å². The zero-order chi connectivity index (χ0) is 17.5. The molecule has 0 heterocycles. The van der Waals surface area contributed by atoms with Gasteiger partial charge < -0.3 is 10.1 Å². The summed E-state index contributed by atoms with van der Waals surface area (Å²) in [7, 11) is 1.56. The molecule has 0 aliphatic carbocycles. The summed E-state index contributed by atoms with van der Waals surface area (Å²) in [5.41, 5.74) is 1.58. The van der Waals surface area contributed by atoms with Crippen molar-refractivity contribution in [1.29, 1.82) is 0 Å². The summed E-state index contributed by atoms with van der Waals surface area (Å²) >= 11 is 3.37. The SMILES string of the molecule is COc1ccc(Br)cc1C=CC(=O)NCc1ccc([N+](=O)[O-])cc1. The maximum Gasteiger partial charge on any atom is 0.269 e. The monoisotopic (exact) mass is 390 g/mol. The number of benzene rings is 2. The molecule has 24 heavy (non-hydrogen) atoms. The fraction of sp³-hybridized carbons (Fsp3) is 0.118. The van der Waals surface area contributed by atoms with E-state index in [-0.39, 0.29) is 18.1 Å². The molecule has 2 rings (SSSR count). The predicted molar refractivity (Wildman–Crippen MR) is 94.7 cm³/mol. The van der Waals surface area contributed by atoms with Crippen LogP contribution in [0.1, 0.15) is 11.1 Å². The fourth-order valence-electron chi connectivity index (χ4n) is 1.98. The van der Waals surface area contributed by atoms with Gasteiger partial charge in [0.25, 0.3) is 5.69 Å². The first kappa shape index (κ1) is 17.7. The van der Waals surface area contributed by atoms with Crippen molar-refractivity contribution in [2.24, 2.45) is 0 Å². The lowest BCUT2D eigenvalue weighted by Crippen LogP contribution is -2.20. The van der Waals surface area contributed by atoms with Crippen molar-refractivity contribution in [3.63, 3.8) is 0 Å². The van der Waals surface area contributed by atoms with Crippen molar-refractivity contribution in [1.82, 2.24) is 5.32 Å². The number of nitrogens with one attached hydrogen (secondary N) is 1. The molecule has 7 heteroatoms. The highest BCUT2D eigenvalue weighted by Gasteiger charge is 2.05. The molecule has 0 bridgehead atoms. The number of halogens is 1. The lowest BCUT2D eigenvalue weighted by atomic mass is 10.2. The second-order valence-electron chi connectivity index (χ2n) is 4.86. The summed E-state index contributed by atoms with van der Waals surface area (Å²) in [5.74, 6) is 0.396. The molecule has 0 aliphatic rings. The van der Waals surface area contributed by atoms with Gasteiger partial charge in [0.1, 0.15) is 5.75 Å². The summed E-state index contributed by atoms with van der Waals surface area (Å²) in [5, 5.41) is 13.3. The highest BCUT2D eigenvalue weighted by molar-refractivity contribution is 9.10. The first-order valence-corrected chi connectivity index (χ1v) is 7.81. The number of carbonyl (C=O) groups is 1. The molecule has 0 atom stereocenters. The van der Waals surface area contributed by atoms with Crippen LogP contribution in [0.4, 0.5) is 5.69 Å². The van der Waals surface area contributed by atoms with E-state index in [1.165, 1.54) is 18.2 Å². The number of nitrogens with zero attached hydrogens (tertiary/aromatic N) is 1. The first-order valence-electron chi connectivity index (χ1n) is 7.02. The van der Waals surface area contributed by atoms with Gasteiger partial charge in [-0.25, -0.2) is 0 Å². The summed E-state index contributed by atoms with van der Waals surface area (Å²) in [6, 6.07) is 11.5. The van der Waals surface area contributed by atoms with E-state index in [0.717, 1.165) is 15.6 Å². The lowest BCUT2D eigenvalue weighted by molar-refractivity contribution is -0.384. The van der Waals surface area contributed by atoms with Gasteiger partial charge in [0, 0.05) is 34.8 Å². The molecule has 124 valence electrons. The summed E-state index contributed by atoms with van der Waals surface area (Å²) in [4.78, 5) is 22.0. The van der Waals surface area contributed by atoms with Gasteiger partial charge in [-0.1, -0.05) is 28.1 Å². The number of hydrogen-bond donors (Lipinski definition) is 1. The van der Waals surface area contributed by atoms with Crippen LogP contribution in [0.3, 0.4) is 0 Å². The molecule has 0 unspecified atom stereocenters. The van der Waals surface area contributed by atoms with Crippen LogP contribution in [0, 0.1) is 10.1 Å². The third-order valence-electron chi connectivity index (χ3n) is 3.22. The Balaban J connectivity index is 1.96. The average molecular weight is 391 g/mol. The number of ether oxygens (including phenoxy) is 1. The minimum absolute atomic E-state index is 0.0201. The maximum absolute atomic E-state index is 11.9. The van der Waals surface area contributed by atoms with Crippen LogP contribution in [-0.2, 0) is 11.3 Å². The third kappa shape index (κ3) is 4.92. The van der Waals surface area contributed by atoms with Crippen LogP contribution in [-0.4, -0.2) is 17.9 Å². The highest BCUT2D eigenvalue weighted by atomic mass is 79.9. The molecule has 1 amide bonds. The van der Waals surface area contributed by atoms with E-state index in [1.54, 1.807) is 31.4 Å². The molecule has 0 saturated heterocycles. The van der Waals surface area contributed by atoms with E-state index in [2.05, 4.69) is 21.2 Å². The van der Waals surface area contributed by atoms with Gasteiger partial charge in [-0.05, 0) is 29.8 Å².